The molecule has 0 amide bonds. The highest BCUT2D eigenvalue weighted by Gasteiger charge is 2.50. The van der Waals surface area contributed by atoms with Crippen LogP contribution in [-0.4, -0.2) is 66.1 Å². The second kappa shape index (κ2) is 4.78. The van der Waals surface area contributed by atoms with Gasteiger partial charge in [-0.1, -0.05) is 11.6 Å². The molecule has 6 rings (SSSR count). The number of hydrogen-bond acceptors (Lipinski definition) is 6. The summed E-state index contributed by atoms with van der Waals surface area (Å²) in [5, 5.41) is 0.521. The highest BCUT2D eigenvalue weighted by molar-refractivity contribution is 6.30. The molecule has 0 saturated carbocycles. The molecular weight excluding hydrogens is 342 g/mol. The van der Waals surface area contributed by atoms with Crippen LogP contribution in [0.25, 0.3) is 11.0 Å². The number of fused-ring (bicyclic) bond motifs is 3. The largest absolute Gasteiger partial charge is 0.380 e. The van der Waals surface area contributed by atoms with Gasteiger partial charge < -0.3 is 23.8 Å². The van der Waals surface area contributed by atoms with Crippen LogP contribution in [0.1, 0.15) is 6.42 Å². The molecule has 1 spiro atoms. The molecule has 2 bridgehead atoms. The first-order chi connectivity index (χ1) is 12.1. The lowest BCUT2D eigenvalue weighted by Crippen LogP contribution is -2.66. The van der Waals surface area contributed by atoms with Gasteiger partial charge in [0.2, 0.25) is 5.95 Å². The fourth-order valence-corrected chi connectivity index (χ4v) is 4.93. The number of anilines is 2. The van der Waals surface area contributed by atoms with Gasteiger partial charge in [0.1, 0.15) is 10.7 Å². The molecular formula is C17H20ClN5O2. The molecule has 4 aliphatic heterocycles. The van der Waals surface area contributed by atoms with Crippen LogP contribution in [0.5, 0.6) is 0 Å². The number of hydrogen-bond donors (Lipinski definition) is 0. The van der Waals surface area contributed by atoms with Gasteiger partial charge in [-0.25, -0.2) is 9.97 Å². The third-order valence-corrected chi connectivity index (χ3v) is 6.31. The molecule has 0 radical (unpaired) electrons. The van der Waals surface area contributed by atoms with Crippen molar-refractivity contribution in [3.05, 3.63) is 11.2 Å². The number of ether oxygens (including phenoxy) is 2. The van der Waals surface area contributed by atoms with Crippen molar-refractivity contribution < 1.29 is 9.47 Å². The van der Waals surface area contributed by atoms with Crippen molar-refractivity contribution in [1.82, 2.24) is 14.5 Å². The molecule has 2 aromatic heterocycles. The molecule has 0 unspecified atom stereocenters. The Kier molecular flexibility index (Phi) is 2.79. The van der Waals surface area contributed by atoms with Crippen LogP contribution in [0.2, 0.25) is 5.15 Å². The summed E-state index contributed by atoms with van der Waals surface area (Å²) in [5.74, 6) is 1.90. The summed E-state index contributed by atoms with van der Waals surface area (Å²) in [6, 6.07) is 2.31. The van der Waals surface area contributed by atoms with E-state index in [2.05, 4.69) is 26.4 Å². The van der Waals surface area contributed by atoms with Crippen LogP contribution < -0.4 is 9.80 Å². The number of halogens is 1. The summed E-state index contributed by atoms with van der Waals surface area (Å²) in [4.78, 5) is 14.3. The minimum Gasteiger partial charge on any atom is -0.380 e. The maximum Gasteiger partial charge on any atom is 0.206 e. The fourth-order valence-electron chi connectivity index (χ4n) is 4.75. The van der Waals surface area contributed by atoms with Crippen molar-refractivity contribution in [2.45, 2.75) is 18.6 Å². The molecule has 4 aliphatic rings. The van der Waals surface area contributed by atoms with Gasteiger partial charge in [0.15, 0.2) is 5.82 Å². The second-order valence-electron chi connectivity index (χ2n) is 7.95. The van der Waals surface area contributed by atoms with Gasteiger partial charge in [-0.15, -0.1) is 0 Å². The van der Waals surface area contributed by atoms with E-state index in [1.165, 1.54) is 0 Å². The second-order valence-corrected chi connectivity index (χ2v) is 8.34. The summed E-state index contributed by atoms with van der Waals surface area (Å²) in [5.41, 5.74) is 2.35. The Balaban J connectivity index is 1.42. The number of pyridine rings is 1. The minimum absolute atomic E-state index is 0.317. The van der Waals surface area contributed by atoms with Gasteiger partial charge in [-0.2, -0.15) is 0 Å². The van der Waals surface area contributed by atoms with E-state index < -0.39 is 0 Å². The molecule has 4 fully saturated rings. The zero-order valence-corrected chi connectivity index (χ0v) is 14.9. The van der Waals surface area contributed by atoms with Crippen LogP contribution in [0.4, 0.5) is 11.8 Å². The SMILES string of the molecule is Cn1c(N2CC3(COC3)C2)nc2c(N3C[C@H]4C[C@@H]3CO4)nc(Cl)cc21. The van der Waals surface area contributed by atoms with Crippen LogP contribution >= 0.6 is 11.6 Å². The molecule has 6 heterocycles. The van der Waals surface area contributed by atoms with Gasteiger partial charge in [-0.05, 0) is 6.42 Å². The topological polar surface area (TPSA) is 55.7 Å². The van der Waals surface area contributed by atoms with Crippen LogP contribution in [0.15, 0.2) is 6.07 Å². The molecule has 7 nitrogen and oxygen atoms in total. The first kappa shape index (κ1) is 14.6. The van der Waals surface area contributed by atoms with Crippen molar-refractivity contribution >= 4 is 34.4 Å². The zero-order chi connectivity index (χ0) is 16.8. The molecule has 25 heavy (non-hydrogen) atoms. The van der Waals surface area contributed by atoms with E-state index in [1.807, 2.05) is 6.07 Å². The van der Waals surface area contributed by atoms with E-state index in [0.29, 0.717) is 22.7 Å². The van der Waals surface area contributed by atoms with E-state index in [-0.39, 0.29) is 0 Å². The minimum atomic E-state index is 0.317. The monoisotopic (exact) mass is 361 g/mol. The lowest BCUT2D eigenvalue weighted by molar-refractivity contribution is -0.127. The molecule has 0 aromatic carbocycles. The molecule has 0 N–H and O–H groups in total. The normalized spacial score (nSPS) is 29.5. The summed E-state index contributed by atoms with van der Waals surface area (Å²) in [7, 11) is 2.06. The predicted octanol–water partition coefficient (Wildman–Crippen LogP) is 1.44. The lowest BCUT2D eigenvalue weighted by atomic mass is 9.78. The highest BCUT2D eigenvalue weighted by Crippen LogP contribution is 2.42. The summed E-state index contributed by atoms with van der Waals surface area (Å²) < 4.78 is 13.3. The molecule has 0 aliphatic carbocycles. The Hall–Kier alpha value is -1.57. The molecule has 4 saturated heterocycles. The number of morpholine rings is 1. The molecule has 2 atom stereocenters. The van der Waals surface area contributed by atoms with Crippen molar-refractivity contribution in [2.75, 3.05) is 49.3 Å². The lowest BCUT2D eigenvalue weighted by Gasteiger charge is -2.55. The first-order valence-electron chi connectivity index (χ1n) is 8.86. The Morgan fingerprint density at radius 2 is 2.12 bits per heavy atom. The van der Waals surface area contributed by atoms with Crippen molar-refractivity contribution in [1.29, 1.82) is 0 Å². The smallest absolute Gasteiger partial charge is 0.206 e. The zero-order valence-electron chi connectivity index (χ0n) is 14.1. The molecule has 132 valence electrons. The number of aromatic nitrogens is 3. The van der Waals surface area contributed by atoms with Crippen molar-refractivity contribution in [3.63, 3.8) is 0 Å². The Morgan fingerprint density at radius 3 is 2.76 bits per heavy atom. The number of nitrogens with zero attached hydrogens (tertiary/aromatic N) is 5. The standard InChI is InChI=1S/C17H20ClN5O2/c1-21-12-3-13(18)19-15(23-4-11-2-10(23)5-25-11)14(12)20-16(21)22-6-17(7-22)8-24-9-17/h3,10-11H,2,4-9H2,1H3/t10-,11-/m1/s1. The van der Waals surface area contributed by atoms with Crippen LogP contribution in [-0.2, 0) is 16.5 Å². The first-order valence-corrected chi connectivity index (χ1v) is 9.24. The average Bonchev–Trinajstić information content (AvgIpc) is 3.20. The summed E-state index contributed by atoms with van der Waals surface area (Å²) in [6.07, 6.45) is 1.39. The number of aryl methyl sites for hydroxylation is 1. The van der Waals surface area contributed by atoms with E-state index in [1.54, 1.807) is 0 Å². The van der Waals surface area contributed by atoms with Crippen molar-refractivity contribution in [3.8, 4) is 0 Å². The van der Waals surface area contributed by atoms with Gasteiger partial charge in [-0.3, -0.25) is 0 Å². The van der Waals surface area contributed by atoms with E-state index >= 15 is 0 Å². The fraction of sp³-hybridized carbons (Fsp3) is 0.647. The number of rotatable bonds is 2. The van der Waals surface area contributed by atoms with Crippen LogP contribution in [0, 0.1) is 5.41 Å². The molecule has 8 heteroatoms. The third kappa shape index (κ3) is 1.94. The summed E-state index contributed by atoms with van der Waals surface area (Å²) in [6.45, 7) is 5.44. The number of imidazole rings is 1. The van der Waals surface area contributed by atoms with Crippen molar-refractivity contribution in [2.24, 2.45) is 12.5 Å². The van der Waals surface area contributed by atoms with E-state index in [0.717, 1.165) is 68.7 Å². The van der Waals surface area contributed by atoms with Crippen LogP contribution in [0.3, 0.4) is 0 Å². The maximum atomic E-state index is 6.35. The predicted molar refractivity (Wildman–Crippen MR) is 94.5 cm³/mol. The maximum absolute atomic E-state index is 6.35. The summed E-state index contributed by atoms with van der Waals surface area (Å²) >= 11 is 6.35. The van der Waals surface area contributed by atoms with E-state index in [4.69, 9.17) is 26.1 Å². The Bertz CT molecular complexity index is 872. The van der Waals surface area contributed by atoms with Gasteiger partial charge in [0, 0.05) is 32.7 Å². The quantitative estimate of drug-likeness (QED) is 0.754. The van der Waals surface area contributed by atoms with Gasteiger partial charge in [0.05, 0.1) is 42.9 Å². The third-order valence-electron chi connectivity index (χ3n) is 6.12. The van der Waals surface area contributed by atoms with E-state index in [9.17, 15) is 0 Å². The van der Waals surface area contributed by atoms with Gasteiger partial charge in [0.25, 0.3) is 0 Å². The average molecular weight is 362 g/mol. The highest BCUT2D eigenvalue weighted by atomic mass is 35.5. The molecule has 2 aromatic rings. The Labute approximate surface area is 150 Å². The van der Waals surface area contributed by atoms with Gasteiger partial charge >= 0.3 is 0 Å². The Morgan fingerprint density at radius 1 is 1.28 bits per heavy atom.